The zero-order valence-corrected chi connectivity index (χ0v) is 14.6. The summed E-state index contributed by atoms with van der Waals surface area (Å²) in [6.45, 7) is 1.90. The lowest BCUT2D eigenvalue weighted by atomic mass is 10.2. The number of aryl methyl sites for hydroxylation is 1. The molecule has 0 aliphatic rings. The number of fused-ring (bicyclic) bond motifs is 1. The summed E-state index contributed by atoms with van der Waals surface area (Å²) in [4.78, 5) is 8.87. The van der Waals surface area contributed by atoms with Crippen LogP contribution in [0.2, 0.25) is 0 Å². The number of furan rings is 1. The molecule has 4 aromatic rings. The molecular weight excluding hydrogens is 334 g/mol. The molecule has 0 radical (unpaired) electrons. The van der Waals surface area contributed by atoms with Crippen LogP contribution in [0.15, 0.2) is 47.1 Å². The van der Waals surface area contributed by atoms with E-state index in [-0.39, 0.29) is 0 Å². The van der Waals surface area contributed by atoms with Crippen LogP contribution in [0.5, 0.6) is 11.5 Å². The SMILES string of the molecule is COc1ccc(Nc2cc(C)nc3nc(-c4ccco4)nn23)cc1OC. The fourth-order valence-electron chi connectivity index (χ4n) is 2.65. The van der Waals surface area contributed by atoms with Crippen LogP contribution < -0.4 is 14.8 Å². The van der Waals surface area contributed by atoms with E-state index in [0.29, 0.717) is 28.9 Å². The third-order valence-corrected chi connectivity index (χ3v) is 3.84. The van der Waals surface area contributed by atoms with Crippen molar-refractivity contribution in [2.45, 2.75) is 6.92 Å². The molecule has 0 spiro atoms. The molecule has 8 nitrogen and oxygen atoms in total. The highest BCUT2D eigenvalue weighted by molar-refractivity contribution is 5.63. The van der Waals surface area contributed by atoms with Crippen LogP contribution in [0.1, 0.15) is 5.69 Å². The summed E-state index contributed by atoms with van der Waals surface area (Å²) in [5, 5.41) is 7.83. The number of benzene rings is 1. The highest BCUT2D eigenvalue weighted by Crippen LogP contribution is 2.31. The zero-order chi connectivity index (χ0) is 18.1. The van der Waals surface area contributed by atoms with Crippen LogP contribution in [0, 0.1) is 6.92 Å². The Morgan fingerprint density at radius 3 is 2.62 bits per heavy atom. The van der Waals surface area contributed by atoms with Gasteiger partial charge in [0, 0.05) is 23.5 Å². The second kappa shape index (κ2) is 6.40. The van der Waals surface area contributed by atoms with Crippen molar-refractivity contribution in [3.05, 3.63) is 48.4 Å². The quantitative estimate of drug-likeness (QED) is 0.589. The van der Waals surface area contributed by atoms with E-state index in [1.54, 1.807) is 31.1 Å². The first-order valence-electron chi connectivity index (χ1n) is 7.95. The summed E-state index contributed by atoms with van der Waals surface area (Å²) < 4.78 is 17.6. The van der Waals surface area contributed by atoms with Crippen molar-refractivity contribution < 1.29 is 13.9 Å². The van der Waals surface area contributed by atoms with Crippen molar-refractivity contribution in [3.8, 4) is 23.1 Å². The predicted octanol–water partition coefficient (Wildman–Crippen LogP) is 3.45. The molecule has 0 atom stereocenters. The van der Waals surface area contributed by atoms with Gasteiger partial charge in [0.15, 0.2) is 17.3 Å². The van der Waals surface area contributed by atoms with Crippen LogP contribution in [-0.2, 0) is 0 Å². The van der Waals surface area contributed by atoms with Gasteiger partial charge in [-0.05, 0) is 31.2 Å². The van der Waals surface area contributed by atoms with E-state index in [1.165, 1.54) is 0 Å². The number of hydrogen-bond donors (Lipinski definition) is 1. The van der Waals surface area contributed by atoms with Crippen molar-refractivity contribution in [3.63, 3.8) is 0 Å². The van der Waals surface area contributed by atoms with E-state index in [9.17, 15) is 0 Å². The van der Waals surface area contributed by atoms with Gasteiger partial charge >= 0.3 is 0 Å². The fourth-order valence-corrected chi connectivity index (χ4v) is 2.65. The number of ether oxygens (including phenoxy) is 2. The maximum Gasteiger partial charge on any atom is 0.255 e. The number of nitrogens with zero attached hydrogens (tertiary/aromatic N) is 4. The first-order chi connectivity index (χ1) is 12.7. The van der Waals surface area contributed by atoms with E-state index in [1.807, 2.05) is 37.3 Å². The Morgan fingerprint density at radius 2 is 1.88 bits per heavy atom. The molecule has 132 valence electrons. The largest absolute Gasteiger partial charge is 0.493 e. The second-order valence-corrected chi connectivity index (χ2v) is 5.60. The normalized spacial score (nSPS) is 10.9. The van der Waals surface area contributed by atoms with E-state index >= 15 is 0 Å². The maximum atomic E-state index is 5.38. The van der Waals surface area contributed by atoms with Crippen LogP contribution in [0.4, 0.5) is 11.5 Å². The van der Waals surface area contributed by atoms with Crippen molar-refractivity contribution >= 4 is 17.3 Å². The average molecular weight is 351 g/mol. The van der Waals surface area contributed by atoms with Gasteiger partial charge in [-0.3, -0.25) is 0 Å². The molecule has 0 amide bonds. The van der Waals surface area contributed by atoms with Gasteiger partial charge in [0.05, 0.1) is 20.5 Å². The molecule has 0 fully saturated rings. The summed E-state index contributed by atoms with van der Waals surface area (Å²) in [6.07, 6.45) is 1.59. The molecule has 0 unspecified atom stereocenters. The molecule has 1 N–H and O–H groups in total. The molecule has 26 heavy (non-hydrogen) atoms. The lowest BCUT2D eigenvalue weighted by Gasteiger charge is -2.12. The Hall–Kier alpha value is -3.55. The number of anilines is 2. The Balaban J connectivity index is 1.76. The Bertz CT molecular complexity index is 1060. The van der Waals surface area contributed by atoms with Crippen molar-refractivity contribution in [1.29, 1.82) is 0 Å². The molecule has 4 rings (SSSR count). The number of rotatable bonds is 5. The Labute approximate surface area is 149 Å². The lowest BCUT2D eigenvalue weighted by molar-refractivity contribution is 0.355. The second-order valence-electron chi connectivity index (χ2n) is 5.60. The molecule has 8 heteroatoms. The van der Waals surface area contributed by atoms with Crippen molar-refractivity contribution in [1.82, 2.24) is 19.6 Å². The van der Waals surface area contributed by atoms with E-state index in [0.717, 1.165) is 17.2 Å². The summed E-state index contributed by atoms with van der Waals surface area (Å²) in [6, 6.07) is 11.1. The van der Waals surface area contributed by atoms with Crippen LogP contribution >= 0.6 is 0 Å². The zero-order valence-electron chi connectivity index (χ0n) is 14.6. The minimum absolute atomic E-state index is 0.475. The molecule has 0 aliphatic carbocycles. The highest BCUT2D eigenvalue weighted by atomic mass is 16.5. The topological polar surface area (TPSA) is 86.7 Å². The van der Waals surface area contributed by atoms with Gasteiger partial charge in [-0.1, -0.05) is 0 Å². The number of nitrogens with one attached hydrogen (secondary N) is 1. The van der Waals surface area contributed by atoms with Crippen LogP contribution in [0.25, 0.3) is 17.4 Å². The third kappa shape index (κ3) is 2.81. The summed E-state index contributed by atoms with van der Waals surface area (Å²) in [7, 11) is 3.20. The fraction of sp³-hybridized carbons (Fsp3) is 0.167. The Kier molecular flexibility index (Phi) is 3.92. The van der Waals surface area contributed by atoms with Gasteiger partial charge in [-0.15, -0.1) is 5.10 Å². The molecule has 3 aromatic heterocycles. The van der Waals surface area contributed by atoms with E-state index < -0.39 is 0 Å². The van der Waals surface area contributed by atoms with E-state index in [4.69, 9.17) is 13.9 Å². The first-order valence-corrected chi connectivity index (χ1v) is 7.95. The smallest absolute Gasteiger partial charge is 0.255 e. The molecular formula is C18H17N5O3. The minimum Gasteiger partial charge on any atom is -0.493 e. The van der Waals surface area contributed by atoms with Gasteiger partial charge in [-0.2, -0.15) is 9.50 Å². The predicted molar refractivity (Wildman–Crippen MR) is 96.0 cm³/mol. The van der Waals surface area contributed by atoms with Gasteiger partial charge in [0.2, 0.25) is 5.82 Å². The molecule has 0 saturated carbocycles. The molecule has 1 aromatic carbocycles. The van der Waals surface area contributed by atoms with E-state index in [2.05, 4.69) is 20.4 Å². The van der Waals surface area contributed by atoms with Crippen LogP contribution in [0.3, 0.4) is 0 Å². The van der Waals surface area contributed by atoms with Gasteiger partial charge in [0.1, 0.15) is 5.82 Å². The highest BCUT2D eigenvalue weighted by Gasteiger charge is 2.14. The van der Waals surface area contributed by atoms with Gasteiger partial charge < -0.3 is 19.2 Å². The summed E-state index contributed by atoms with van der Waals surface area (Å²) in [5.74, 6) is 3.57. The minimum atomic E-state index is 0.475. The van der Waals surface area contributed by atoms with Gasteiger partial charge in [0.25, 0.3) is 5.78 Å². The summed E-state index contributed by atoms with van der Waals surface area (Å²) >= 11 is 0. The first kappa shape index (κ1) is 15.9. The lowest BCUT2D eigenvalue weighted by Crippen LogP contribution is -2.03. The van der Waals surface area contributed by atoms with Gasteiger partial charge in [-0.25, -0.2) is 4.98 Å². The van der Waals surface area contributed by atoms with Crippen molar-refractivity contribution in [2.75, 3.05) is 19.5 Å². The maximum absolute atomic E-state index is 5.38. The van der Waals surface area contributed by atoms with Crippen molar-refractivity contribution in [2.24, 2.45) is 0 Å². The molecule has 0 bridgehead atoms. The third-order valence-electron chi connectivity index (χ3n) is 3.84. The summed E-state index contributed by atoms with van der Waals surface area (Å²) in [5.41, 5.74) is 1.64. The molecule has 3 heterocycles. The number of aromatic nitrogens is 4. The Morgan fingerprint density at radius 1 is 1.04 bits per heavy atom. The number of methoxy groups -OCH3 is 2. The standard InChI is InChI=1S/C18H17N5O3/c1-11-9-16(20-12-6-7-13(24-2)15(10-12)25-3)23-18(19-11)21-17(22-23)14-5-4-8-26-14/h4-10,20H,1-3H3. The number of hydrogen-bond acceptors (Lipinski definition) is 7. The monoisotopic (exact) mass is 351 g/mol. The molecule has 0 aliphatic heterocycles. The molecule has 0 saturated heterocycles. The van der Waals surface area contributed by atoms with Crippen LogP contribution in [-0.4, -0.2) is 33.8 Å². The average Bonchev–Trinajstić information content (AvgIpc) is 3.30.